The summed E-state index contributed by atoms with van der Waals surface area (Å²) in [5.41, 5.74) is 0.843. The van der Waals surface area contributed by atoms with Crippen LogP contribution in [0.1, 0.15) is 5.56 Å². The number of carbonyl (C=O) groups excluding carboxylic acids is 4. The maximum absolute atomic E-state index is 12.3. The Morgan fingerprint density at radius 1 is 1.08 bits per heavy atom. The highest BCUT2D eigenvalue weighted by molar-refractivity contribution is 5.91. The molecule has 0 saturated heterocycles. The molecule has 0 bridgehead atoms. The third kappa shape index (κ3) is 8.47. The molecular weight excluding hydrogens is 328 g/mol. The quantitative estimate of drug-likeness (QED) is 0.279. The zero-order valence-electron chi connectivity index (χ0n) is 13.9. The van der Waals surface area contributed by atoms with E-state index in [-0.39, 0.29) is 26.2 Å². The number of nitrogens with one attached hydrogen (secondary N) is 4. The summed E-state index contributed by atoms with van der Waals surface area (Å²) in [6.45, 7) is -0.442. The molecule has 0 aliphatic heterocycles. The van der Waals surface area contributed by atoms with Crippen LogP contribution in [0.4, 0.5) is 0 Å². The third-order valence-electron chi connectivity index (χ3n) is 3.12. The SMILES string of the molecule is COCNC(=O)CNC(=O)C(Cc1ccccc1)NC(=O)CNC=O. The monoisotopic (exact) mass is 350 g/mol. The Morgan fingerprint density at radius 3 is 2.44 bits per heavy atom. The fourth-order valence-electron chi connectivity index (χ4n) is 1.94. The van der Waals surface area contributed by atoms with Gasteiger partial charge in [0.25, 0.3) is 0 Å². The van der Waals surface area contributed by atoms with Gasteiger partial charge in [-0.3, -0.25) is 19.2 Å². The van der Waals surface area contributed by atoms with Gasteiger partial charge in [0.05, 0.1) is 13.1 Å². The van der Waals surface area contributed by atoms with Crippen molar-refractivity contribution in [1.82, 2.24) is 21.3 Å². The van der Waals surface area contributed by atoms with Crippen LogP contribution in [0.25, 0.3) is 0 Å². The number of rotatable bonds is 11. The van der Waals surface area contributed by atoms with Crippen LogP contribution in [0.3, 0.4) is 0 Å². The molecule has 1 atom stereocenters. The Balaban J connectivity index is 2.65. The molecule has 0 aliphatic rings. The molecule has 1 aromatic carbocycles. The predicted molar refractivity (Wildman–Crippen MR) is 89.2 cm³/mol. The van der Waals surface area contributed by atoms with Crippen LogP contribution in [0, 0.1) is 0 Å². The van der Waals surface area contributed by atoms with Crippen LogP contribution in [0.2, 0.25) is 0 Å². The summed E-state index contributed by atoms with van der Waals surface area (Å²) in [5.74, 6) is -1.43. The van der Waals surface area contributed by atoms with Gasteiger partial charge < -0.3 is 26.0 Å². The van der Waals surface area contributed by atoms with Crippen LogP contribution in [0.5, 0.6) is 0 Å². The van der Waals surface area contributed by atoms with Gasteiger partial charge in [-0.1, -0.05) is 30.3 Å². The normalized spacial score (nSPS) is 11.1. The van der Waals surface area contributed by atoms with Crippen molar-refractivity contribution in [2.24, 2.45) is 0 Å². The topological polar surface area (TPSA) is 126 Å². The number of hydrogen-bond acceptors (Lipinski definition) is 5. The first-order chi connectivity index (χ1) is 12.1. The van der Waals surface area contributed by atoms with Crippen LogP contribution in [0.15, 0.2) is 30.3 Å². The molecular formula is C16H22N4O5. The van der Waals surface area contributed by atoms with E-state index in [9.17, 15) is 19.2 Å². The van der Waals surface area contributed by atoms with E-state index in [1.807, 2.05) is 30.3 Å². The summed E-state index contributed by atoms with van der Waals surface area (Å²) in [4.78, 5) is 45.9. The molecule has 0 saturated carbocycles. The van der Waals surface area contributed by atoms with Gasteiger partial charge in [0, 0.05) is 13.5 Å². The Bertz CT molecular complexity index is 579. The number of benzene rings is 1. The highest BCUT2D eigenvalue weighted by Gasteiger charge is 2.21. The summed E-state index contributed by atoms with van der Waals surface area (Å²) in [5, 5.41) is 9.66. The zero-order valence-corrected chi connectivity index (χ0v) is 13.9. The van der Waals surface area contributed by atoms with Crippen LogP contribution in [-0.4, -0.2) is 57.1 Å². The van der Waals surface area contributed by atoms with Crippen molar-refractivity contribution >= 4 is 24.1 Å². The smallest absolute Gasteiger partial charge is 0.243 e. The molecule has 25 heavy (non-hydrogen) atoms. The summed E-state index contributed by atoms with van der Waals surface area (Å²) in [6.07, 6.45) is 0.644. The predicted octanol–water partition coefficient (Wildman–Crippen LogP) is -1.70. The van der Waals surface area contributed by atoms with Crippen molar-refractivity contribution in [2.45, 2.75) is 12.5 Å². The van der Waals surface area contributed by atoms with Gasteiger partial charge in [-0.25, -0.2) is 0 Å². The van der Waals surface area contributed by atoms with Gasteiger partial charge >= 0.3 is 0 Å². The highest BCUT2D eigenvalue weighted by Crippen LogP contribution is 2.03. The zero-order chi connectivity index (χ0) is 18.5. The Morgan fingerprint density at radius 2 is 1.80 bits per heavy atom. The van der Waals surface area contributed by atoms with Crippen molar-refractivity contribution in [3.63, 3.8) is 0 Å². The standard InChI is InChI=1S/C16H22N4O5/c1-25-11-19-14(22)9-18-16(24)13(20-15(23)8-17-10-21)7-12-5-3-2-4-6-12/h2-6,10,13H,7-9,11H2,1H3,(H,17,21)(H,18,24)(H,19,22)(H,20,23). The van der Waals surface area contributed by atoms with Gasteiger partial charge in [-0.05, 0) is 5.56 Å². The highest BCUT2D eigenvalue weighted by atomic mass is 16.5. The molecule has 0 fully saturated rings. The molecule has 4 N–H and O–H groups in total. The molecule has 0 spiro atoms. The van der Waals surface area contributed by atoms with E-state index in [0.717, 1.165) is 5.56 Å². The molecule has 0 heterocycles. The number of methoxy groups -OCH3 is 1. The molecule has 9 nitrogen and oxygen atoms in total. The molecule has 9 heteroatoms. The molecule has 136 valence electrons. The van der Waals surface area contributed by atoms with Gasteiger partial charge in [0.1, 0.15) is 12.8 Å². The maximum atomic E-state index is 12.3. The minimum Gasteiger partial charge on any atom is -0.364 e. The van der Waals surface area contributed by atoms with Crippen LogP contribution in [-0.2, 0) is 30.3 Å². The average Bonchev–Trinajstić information content (AvgIpc) is 2.63. The van der Waals surface area contributed by atoms with E-state index in [4.69, 9.17) is 4.74 Å². The lowest BCUT2D eigenvalue weighted by molar-refractivity contribution is -0.130. The fraction of sp³-hybridized carbons (Fsp3) is 0.375. The van der Waals surface area contributed by atoms with E-state index in [1.165, 1.54) is 7.11 Å². The van der Waals surface area contributed by atoms with Gasteiger partial charge in [-0.2, -0.15) is 0 Å². The summed E-state index contributed by atoms with van der Waals surface area (Å²) in [6, 6.07) is 8.24. The number of amides is 4. The second-order valence-electron chi connectivity index (χ2n) is 5.06. The van der Waals surface area contributed by atoms with E-state index in [2.05, 4.69) is 21.3 Å². The summed E-state index contributed by atoms with van der Waals surface area (Å²) < 4.78 is 4.70. The van der Waals surface area contributed by atoms with E-state index in [1.54, 1.807) is 0 Å². The summed E-state index contributed by atoms with van der Waals surface area (Å²) in [7, 11) is 1.43. The molecule has 0 aromatic heterocycles. The first kappa shape index (κ1) is 20.1. The second-order valence-corrected chi connectivity index (χ2v) is 5.06. The number of ether oxygens (including phenoxy) is 1. The third-order valence-corrected chi connectivity index (χ3v) is 3.12. The van der Waals surface area contributed by atoms with E-state index >= 15 is 0 Å². The van der Waals surface area contributed by atoms with Crippen molar-refractivity contribution in [3.8, 4) is 0 Å². The maximum Gasteiger partial charge on any atom is 0.243 e. The molecule has 0 radical (unpaired) electrons. The lowest BCUT2D eigenvalue weighted by Crippen LogP contribution is -2.51. The van der Waals surface area contributed by atoms with Gasteiger partial charge in [0.15, 0.2) is 0 Å². The molecule has 0 aliphatic carbocycles. The molecule has 1 rings (SSSR count). The Kier molecular flexibility index (Phi) is 9.31. The van der Waals surface area contributed by atoms with Gasteiger partial charge in [-0.15, -0.1) is 0 Å². The summed E-state index contributed by atoms with van der Waals surface area (Å²) >= 11 is 0. The molecule has 1 unspecified atom stereocenters. The fourth-order valence-corrected chi connectivity index (χ4v) is 1.94. The van der Waals surface area contributed by atoms with Crippen molar-refractivity contribution < 1.29 is 23.9 Å². The first-order valence-corrected chi connectivity index (χ1v) is 7.60. The Labute approximate surface area is 145 Å². The van der Waals surface area contributed by atoms with Crippen molar-refractivity contribution in [1.29, 1.82) is 0 Å². The average molecular weight is 350 g/mol. The van der Waals surface area contributed by atoms with Gasteiger partial charge in [0.2, 0.25) is 24.1 Å². The second kappa shape index (κ2) is 11.6. The number of carbonyl (C=O) groups is 4. The first-order valence-electron chi connectivity index (χ1n) is 7.60. The largest absolute Gasteiger partial charge is 0.364 e. The number of hydrogen-bond donors (Lipinski definition) is 4. The van der Waals surface area contributed by atoms with Crippen molar-refractivity contribution in [3.05, 3.63) is 35.9 Å². The van der Waals surface area contributed by atoms with Crippen LogP contribution >= 0.6 is 0 Å². The van der Waals surface area contributed by atoms with Crippen LogP contribution < -0.4 is 21.3 Å². The van der Waals surface area contributed by atoms with E-state index < -0.39 is 23.8 Å². The minimum atomic E-state index is -0.876. The van der Waals surface area contributed by atoms with Crippen molar-refractivity contribution in [2.75, 3.05) is 26.9 Å². The molecule has 1 aromatic rings. The lowest BCUT2D eigenvalue weighted by atomic mass is 10.1. The Hall–Kier alpha value is -2.94. The lowest BCUT2D eigenvalue weighted by Gasteiger charge is -2.18. The minimum absolute atomic E-state index is 0.0379. The van der Waals surface area contributed by atoms with E-state index in [0.29, 0.717) is 6.41 Å². The molecule has 4 amide bonds.